The number of amides is 1. The third-order valence-electron chi connectivity index (χ3n) is 5.68. The number of carbonyl (C=O) groups is 1. The van der Waals surface area contributed by atoms with E-state index < -0.39 is 17.8 Å². The molecule has 0 radical (unpaired) electrons. The van der Waals surface area contributed by atoms with E-state index in [1.165, 1.54) is 12.1 Å². The molecule has 0 bridgehead atoms. The topological polar surface area (TPSA) is 101 Å². The molecule has 1 unspecified atom stereocenters. The van der Waals surface area contributed by atoms with E-state index in [4.69, 9.17) is 14.4 Å². The minimum Gasteiger partial charge on any atom is -0.493 e. The number of hydrogen-bond acceptors (Lipinski definition) is 7. The first-order valence-corrected chi connectivity index (χ1v) is 11.4. The summed E-state index contributed by atoms with van der Waals surface area (Å²) in [4.78, 5) is 18.6. The average Bonchev–Trinajstić information content (AvgIpc) is 3.26. The number of hydrogen-bond donors (Lipinski definition) is 2. The predicted molar refractivity (Wildman–Crippen MR) is 118 cm³/mol. The maximum atomic E-state index is 14.3. The minimum atomic E-state index is -0.638. The molecule has 32 heavy (non-hydrogen) atoms. The normalized spacial score (nSPS) is 15.6. The lowest BCUT2D eigenvalue weighted by Crippen LogP contribution is -2.35. The first-order chi connectivity index (χ1) is 15.5. The largest absolute Gasteiger partial charge is 0.493 e. The number of nitrogens with one attached hydrogen (secondary N) is 1. The molecule has 0 aliphatic carbocycles. The minimum absolute atomic E-state index is 0.0625. The van der Waals surface area contributed by atoms with Crippen LogP contribution in [-0.2, 0) is 6.42 Å². The summed E-state index contributed by atoms with van der Waals surface area (Å²) in [7, 11) is 0. The van der Waals surface area contributed by atoms with Crippen molar-refractivity contribution >= 4 is 11.9 Å². The van der Waals surface area contributed by atoms with Crippen molar-refractivity contribution in [2.75, 3.05) is 31.2 Å². The number of anilines is 1. The molecule has 0 spiro atoms. The Morgan fingerprint density at radius 2 is 2.19 bits per heavy atom. The van der Waals surface area contributed by atoms with Gasteiger partial charge in [-0.15, -0.1) is 0 Å². The van der Waals surface area contributed by atoms with Gasteiger partial charge in [-0.1, -0.05) is 12.1 Å². The summed E-state index contributed by atoms with van der Waals surface area (Å²) in [6, 6.07) is 4.42. The smallest absolute Gasteiger partial charge is 0.324 e. The van der Waals surface area contributed by atoms with Crippen LogP contribution in [0.3, 0.4) is 0 Å². The molecule has 1 atom stereocenters. The van der Waals surface area contributed by atoms with Crippen LogP contribution in [0.25, 0.3) is 0 Å². The molecular weight excluding hydrogens is 415 g/mol. The predicted octanol–water partition coefficient (Wildman–Crippen LogP) is 3.35. The van der Waals surface area contributed by atoms with E-state index in [1.807, 2.05) is 0 Å². The van der Waals surface area contributed by atoms with Crippen LogP contribution < -0.4 is 15.0 Å². The maximum Gasteiger partial charge on any atom is 0.324 e. The molecule has 176 valence electrons. The summed E-state index contributed by atoms with van der Waals surface area (Å²) < 4.78 is 25.3. The number of aryl methyl sites for hydroxylation is 1. The number of halogens is 1. The molecule has 8 nitrogen and oxygen atoms in total. The van der Waals surface area contributed by atoms with Crippen LogP contribution in [-0.4, -0.2) is 53.5 Å². The van der Waals surface area contributed by atoms with Gasteiger partial charge in [-0.2, -0.15) is 4.98 Å². The second kappa shape index (κ2) is 11.8. The van der Waals surface area contributed by atoms with Gasteiger partial charge in [-0.3, -0.25) is 4.79 Å². The molecule has 9 heteroatoms. The number of carbonyl (C=O) groups excluding carboxylic acids is 1. The third kappa shape index (κ3) is 6.66. The second-order valence-electron chi connectivity index (χ2n) is 8.36. The number of piperidine rings is 1. The number of rotatable bonds is 11. The van der Waals surface area contributed by atoms with Crippen LogP contribution in [0.2, 0.25) is 0 Å². The number of aromatic nitrogens is 2. The number of ether oxygens (including phenoxy) is 1. The van der Waals surface area contributed by atoms with E-state index in [1.54, 1.807) is 13.0 Å². The maximum absolute atomic E-state index is 14.3. The average molecular weight is 449 g/mol. The molecule has 2 heterocycles. The highest BCUT2D eigenvalue weighted by molar-refractivity contribution is 5.94. The van der Waals surface area contributed by atoms with Crippen LogP contribution in [0, 0.1) is 11.7 Å². The van der Waals surface area contributed by atoms with Gasteiger partial charge in [0.25, 0.3) is 5.91 Å². The van der Waals surface area contributed by atoms with E-state index in [-0.39, 0.29) is 12.2 Å². The summed E-state index contributed by atoms with van der Waals surface area (Å²) in [5.74, 6) is 0.601. The van der Waals surface area contributed by atoms with Crippen LogP contribution in [0.5, 0.6) is 5.75 Å². The Morgan fingerprint density at radius 3 is 2.88 bits per heavy atom. The zero-order valence-electron chi connectivity index (χ0n) is 18.8. The van der Waals surface area contributed by atoms with Crippen molar-refractivity contribution in [3.63, 3.8) is 0 Å². The van der Waals surface area contributed by atoms with Gasteiger partial charge in [0.1, 0.15) is 11.6 Å². The number of nitrogens with zero attached hydrogens (tertiary/aromatic N) is 3. The van der Waals surface area contributed by atoms with Crippen molar-refractivity contribution in [3.05, 3.63) is 35.4 Å². The molecule has 1 aliphatic heterocycles. The van der Waals surface area contributed by atoms with Gasteiger partial charge in [-0.25, -0.2) is 4.39 Å². The van der Waals surface area contributed by atoms with Gasteiger partial charge >= 0.3 is 6.01 Å². The summed E-state index contributed by atoms with van der Waals surface area (Å²) >= 11 is 0. The van der Waals surface area contributed by atoms with Crippen LogP contribution >= 0.6 is 0 Å². The Balaban J connectivity index is 1.36. The molecule has 1 aromatic heterocycles. The second-order valence-corrected chi connectivity index (χ2v) is 8.36. The molecule has 1 aliphatic rings. The van der Waals surface area contributed by atoms with E-state index >= 15 is 0 Å². The van der Waals surface area contributed by atoms with E-state index in [0.29, 0.717) is 24.3 Å². The molecule has 1 fully saturated rings. The van der Waals surface area contributed by atoms with Crippen molar-refractivity contribution < 1.29 is 23.6 Å². The lowest BCUT2D eigenvalue weighted by molar-refractivity contribution is 0.0918. The van der Waals surface area contributed by atoms with E-state index in [2.05, 4.69) is 27.3 Å². The molecular formula is C23H33FN4O4. The van der Waals surface area contributed by atoms with E-state index in [9.17, 15) is 9.18 Å². The Hall–Kier alpha value is -2.68. The van der Waals surface area contributed by atoms with Crippen molar-refractivity contribution in [2.45, 2.75) is 58.4 Å². The summed E-state index contributed by atoms with van der Waals surface area (Å²) in [5, 5.41) is 15.6. The molecule has 0 saturated carbocycles. The quantitative estimate of drug-likeness (QED) is 0.509. The van der Waals surface area contributed by atoms with E-state index in [0.717, 1.165) is 57.4 Å². The lowest BCUT2D eigenvalue weighted by atomic mass is 9.92. The Bertz CT molecular complexity index is 867. The molecule has 1 saturated heterocycles. The van der Waals surface area contributed by atoms with Crippen LogP contribution in [0.4, 0.5) is 10.4 Å². The highest BCUT2D eigenvalue weighted by atomic mass is 19.1. The fourth-order valence-electron chi connectivity index (χ4n) is 3.79. The zero-order chi connectivity index (χ0) is 22.9. The fourth-order valence-corrected chi connectivity index (χ4v) is 3.79. The highest BCUT2D eigenvalue weighted by Gasteiger charge is 2.23. The van der Waals surface area contributed by atoms with Gasteiger partial charge in [0.15, 0.2) is 5.82 Å². The van der Waals surface area contributed by atoms with Crippen LogP contribution in [0.15, 0.2) is 22.7 Å². The summed E-state index contributed by atoms with van der Waals surface area (Å²) in [5.41, 5.74) is -0.0625. The summed E-state index contributed by atoms with van der Waals surface area (Å²) in [6.45, 7) is 5.84. The highest BCUT2D eigenvalue weighted by Crippen LogP contribution is 2.25. The zero-order valence-corrected chi connectivity index (χ0v) is 18.8. The van der Waals surface area contributed by atoms with Crippen molar-refractivity contribution in [3.8, 4) is 5.75 Å². The third-order valence-corrected chi connectivity index (χ3v) is 5.68. The van der Waals surface area contributed by atoms with Gasteiger partial charge in [0, 0.05) is 31.6 Å². The first-order valence-electron chi connectivity index (χ1n) is 11.4. The summed E-state index contributed by atoms with van der Waals surface area (Å²) in [6.07, 6.45) is 5.89. The molecule has 1 aromatic carbocycles. The molecule has 2 aromatic rings. The lowest BCUT2D eigenvalue weighted by Gasteiger charge is -2.30. The van der Waals surface area contributed by atoms with Gasteiger partial charge in [0.05, 0.1) is 18.8 Å². The number of aliphatic hydroxyl groups excluding tert-OH is 1. The fraction of sp³-hybridized carbons (Fsp3) is 0.609. The van der Waals surface area contributed by atoms with Gasteiger partial charge in [-0.05, 0) is 57.1 Å². The molecule has 2 N–H and O–H groups in total. The van der Waals surface area contributed by atoms with Crippen molar-refractivity contribution in [2.24, 2.45) is 5.92 Å². The SMILES string of the molecule is CCCc1noc(N2CCC(CCCOc3ccc(C(=O)NC(C)CO)c(F)c3)CC2)n1. The van der Waals surface area contributed by atoms with Gasteiger partial charge < -0.3 is 24.6 Å². The van der Waals surface area contributed by atoms with Crippen LogP contribution in [0.1, 0.15) is 62.1 Å². The molecule has 1 amide bonds. The monoisotopic (exact) mass is 448 g/mol. The van der Waals surface area contributed by atoms with Crippen molar-refractivity contribution in [1.82, 2.24) is 15.5 Å². The number of benzene rings is 1. The Kier molecular flexibility index (Phi) is 8.84. The standard InChI is InChI=1S/C23H33FN4O4/c1-3-5-21-26-23(32-27-21)28-11-9-17(10-12-28)6-4-13-31-18-7-8-19(20(24)14-18)22(30)25-16(2)15-29/h7-8,14,16-17,29H,3-6,9-13,15H2,1-2H3,(H,25,30). The Morgan fingerprint density at radius 1 is 1.41 bits per heavy atom. The first kappa shape index (κ1) is 24.0. The Labute approximate surface area is 188 Å². The molecule has 3 rings (SSSR count). The van der Waals surface area contributed by atoms with Gasteiger partial charge in [0.2, 0.25) is 0 Å². The number of aliphatic hydroxyl groups is 1. The van der Waals surface area contributed by atoms with Crippen molar-refractivity contribution in [1.29, 1.82) is 0 Å².